The van der Waals surface area contributed by atoms with Crippen LogP contribution >= 0.6 is 0 Å². The summed E-state index contributed by atoms with van der Waals surface area (Å²) in [5.74, 6) is -0.0122. The first kappa shape index (κ1) is 26.6. The average molecular weight is 458 g/mol. The van der Waals surface area contributed by atoms with E-state index in [-0.39, 0.29) is 30.6 Å². The van der Waals surface area contributed by atoms with E-state index in [1.165, 1.54) is 0 Å². The van der Waals surface area contributed by atoms with Crippen LogP contribution in [0.15, 0.2) is 12.3 Å². The molecule has 0 saturated carbocycles. The van der Waals surface area contributed by atoms with E-state index >= 15 is 0 Å². The van der Waals surface area contributed by atoms with Gasteiger partial charge in [-0.05, 0) is 37.3 Å². The van der Waals surface area contributed by atoms with Crippen LogP contribution in [0.5, 0.6) is 0 Å². The highest BCUT2D eigenvalue weighted by Crippen LogP contribution is 2.31. The molecule has 0 aliphatic carbocycles. The van der Waals surface area contributed by atoms with Gasteiger partial charge in [-0.1, -0.05) is 33.6 Å². The van der Waals surface area contributed by atoms with Crippen LogP contribution < -0.4 is 5.32 Å². The Hall–Kier alpha value is -1.67. The first-order valence-electron chi connectivity index (χ1n) is 11.8. The lowest BCUT2D eigenvalue weighted by Gasteiger charge is -2.32. The van der Waals surface area contributed by atoms with E-state index in [9.17, 15) is 18.0 Å². The van der Waals surface area contributed by atoms with Gasteiger partial charge < -0.3 is 15.0 Å². The van der Waals surface area contributed by atoms with E-state index in [0.717, 1.165) is 44.4 Å². The molecule has 0 spiro atoms. The second-order valence-electron chi connectivity index (χ2n) is 8.66. The molecule has 182 valence electrons. The van der Waals surface area contributed by atoms with Gasteiger partial charge in [0.1, 0.15) is 0 Å². The fraction of sp³-hybridized carbons (Fsp3) is 0.750. The molecular weight excluding hydrogens is 419 g/mol. The molecule has 0 fully saturated rings. The third-order valence-electron chi connectivity index (χ3n) is 6.27. The quantitative estimate of drug-likeness (QED) is 0.474. The predicted octanol–water partition coefficient (Wildman–Crippen LogP) is 5.12. The Balaban J connectivity index is 1.98. The standard InChI is InChI=1S/C24H38F3N3O2/c1-5-8-19(29-21(9-6-2)22(7-3)32-4)10-11-23(31)30-13-12-20-17(16-30)14-18(15-28-20)24(25,26)27/h14-15,19,21-22,29H,5-13,16H2,1-4H3/t19-,21?,22?/m0/s1. The van der Waals surface area contributed by atoms with Crippen LogP contribution in [0.25, 0.3) is 0 Å². The second kappa shape index (κ2) is 12.5. The van der Waals surface area contributed by atoms with Gasteiger partial charge in [-0.15, -0.1) is 0 Å². The number of amides is 1. The van der Waals surface area contributed by atoms with Crippen molar-refractivity contribution in [1.82, 2.24) is 15.2 Å². The van der Waals surface area contributed by atoms with E-state index in [1.54, 1.807) is 12.0 Å². The Kier molecular flexibility index (Phi) is 10.4. The van der Waals surface area contributed by atoms with Gasteiger partial charge in [0.25, 0.3) is 0 Å². The van der Waals surface area contributed by atoms with Crippen LogP contribution in [0.4, 0.5) is 13.2 Å². The summed E-state index contributed by atoms with van der Waals surface area (Å²) in [6.07, 6.45) is 3.13. The summed E-state index contributed by atoms with van der Waals surface area (Å²) in [5.41, 5.74) is 0.389. The number of fused-ring (bicyclic) bond motifs is 1. The number of alkyl halides is 3. The molecule has 1 aromatic rings. The van der Waals surface area contributed by atoms with Gasteiger partial charge >= 0.3 is 6.18 Å². The lowest BCUT2D eigenvalue weighted by Crippen LogP contribution is -2.46. The maximum atomic E-state index is 13.0. The van der Waals surface area contributed by atoms with Gasteiger partial charge in [0.2, 0.25) is 5.91 Å². The minimum Gasteiger partial charge on any atom is -0.380 e. The Labute approximate surface area is 190 Å². The number of hydrogen-bond donors (Lipinski definition) is 1. The largest absolute Gasteiger partial charge is 0.417 e. The molecule has 0 bridgehead atoms. The Morgan fingerprint density at radius 2 is 1.94 bits per heavy atom. The van der Waals surface area contributed by atoms with Gasteiger partial charge in [0.05, 0.1) is 11.7 Å². The molecular formula is C24H38F3N3O2. The number of hydrogen-bond acceptors (Lipinski definition) is 4. The molecule has 8 heteroatoms. The number of nitrogens with one attached hydrogen (secondary N) is 1. The van der Waals surface area contributed by atoms with Gasteiger partial charge in [0.15, 0.2) is 0 Å². The molecule has 2 heterocycles. The van der Waals surface area contributed by atoms with Gasteiger partial charge in [-0.2, -0.15) is 13.2 Å². The van der Waals surface area contributed by atoms with Crippen LogP contribution in [-0.2, 0) is 28.7 Å². The molecule has 1 aromatic heterocycles. The van der Waals surface area contributed by atoms with E-state index in [2.05, 4.69) is 31.1 Å². The lowest BCUT2D eigenvalue weighted by molar-refractivity contribution is -0.137. The molecule has 0 saturated heterocycles. The number of carbonyl (C=O) groups excluding carboxylic acids is 1. The number of rotatable bonds is 12. The Morgan fingerprint density at radius 3 is 2.53 bits per heavy atom. The first-order chi connectivity index (χ1) is 15.2. The number of ether oxygens (including phenoxy) is 1. The minimum atomic E-state index is -4.43. The Morgan fingerprint density at radius 1 is 1.22 bits per heavy atom. The summed E-state index contributed by atoms with van der Waals surface area (Å²) in [5, 5.41) is 3.73. The van der Waals surface area contributed by atoms with E-state index in [0.29, 0.717) is 37.1 Å². The summed E-state index contributed by atoms with van der Waals surface area (Å²) in [7, 11) is 1.74. The molecule has 1 aliphatic heterocycles. The first-order valence-corrected chi connectivity index (χ1v) is 11.8. The number of halogens is 3. The van der Waals surface area contributed by atoms with E-state index in [1.807, 2.05) is 0 Å². The number of aromatic nitrogens is 1. The summed E-state index contributed by atoms with van der Waals surface area (Å²) >= 11 is 0. The van der Waals surface area contributed by atoms with Crippen molar-refractivity contribution < 1.29 is 22.7 Å². The molecule has 1 amide bonds. The predicted molar refractivity (Wildman–Crippen MR) is 119 cm³/mol. The van der Waals surface area contributed by atoms with E-state index in [4.69, 9.17) is 4.74 Å². The number of carbonyl (C=O) groups is 1. The molecule has 0 aromatic carbocycles. The van der Waals surface area contributed by atoms with Gasteiger partial charge in [0, 0.05) is 57.0 Å². The molecule has 3 atom stereocenters. The van der Waals surface area contributed by atoms with Crippen LogP contribution in [-0.4, -0.2) is 47.6 Å². The molecule has 5 nitrogen and oxygen atoms in total. The summed E-state index contributed by atoms with van der Waals surface area (Å²) in [4.78, 5) is 18.5. The fourth-order valence-electron chi connectivity index (χ4n) is 4.52. The third-order valence-corrected chi connectivity index (χ3v) is 6.27. The number of nitrogens with zero attached hydrogens (tertiary/aromatic N) is 2. The second-order valence-corrected chi connectivity index (χ2v) is 8.66. The number of pyridine rings is 1. The molecule has 2 unspecified atom stereocenters. The maximum Gasteiger partial charge on any atom is 0.417 e. The zero-order chi connectivity index (χ0) is 23.7. The molecule has 32 heavy (non-hydrogen) atoms. The van der Waals surface area contributed by atoms with Crippen LogP contribution in [0, 0.1) is 0 Å². The van der Waals surface area contributed by atoms with Crippen molar-refractivity contribution in [1.29, 1.82) is 0 Å². The topological polar surface area (TPSA) is 54.5 Å². The molecule has 2 rings (SSSR count). The summed E-state index contributed by atoms with van der Waals surface area (Å²) in [6.45, 7) is 7.09. The zero-order valence-corrected chi connectivity index (χ0v) is 19.8. The smallest absolute Gasteiger partial charge is 0.380 e. The summed E-state index contributed by atoms with van der Waals surface area (Å²) in [6, 6.07) is 1.59. The average Bonchev–Trinajstić information content (AvgIpc) is 2.76. The highest BCUT2D eigenvalue weighted by atomic mass is 19.4. The molecule has 0 radical (unpaired) electrons. The minimum absolute atomic E-state index is 0.0122. The summed E-state index contributed by atoms with van der Waals surface area (Å²) < 4.78 is 44.7. The highest BCUT2D eigenvalue weighted by molar-refractivity contribution is 5.76. The van der Waals surface area contributed by atoms with Crippen LogP contribution in [0.1, 0.15) is 82.5 Å². The lowest BCUT2D eigenvalue weighted by atomic mass is 9.98. The van der Waals surface area contributed by atoms with Crippen molar-refractivity contribution in [3.8, 4) is 0 Å². The zero-order valence-electron chi connectivity index (χ0n) is 19.8. The maximum absolute atomic E-state index is 13.0. The van der Waals surface area contributed by atoms with Crippen molar-refractivity contribution in [2.24, 2.45) is 0 Å². The number of methoxy groups -OCH3 is 1. The van der Waals surface area contributed by atoms with Crippen molar-refractivity contribution in [3.05, 3.63) is 29.1 Å². The van der Waals surface area contributed by atoms with Crippen molar-refractivity contribution >= 4 is 5.91 Å². The normalized spacial score (nSPS) is 17.0. The highest BCUT2D eigenvalue weighted by Gasteiger charge is 2.33. The van der Waals surface area contributed by atoms with Gasteiger partial charge in [-0.25, -0.2) is 0 Å². The van der Waals surface area contributed by atoms with Crippen molar-refractivity contribution in [3.63, 3.8) is 0 Å². The Bertz CT molecular complexity index is 723. The van der Waals surface area contributed by atoms with E-state index < -0.39 is 11.7 Å². The van der Waals surface area contributed by atoms with Crippen molar-refractivity contribution in [2.75, 3.05) is 13.7 Å². The SMILES string of the molecule is CCCC(N[C@@H](CCC)CCC(=O)N1CCc2ncc(C(F)(F)F)cc2C1)C(CC)OC. The van der Waals surface area contributed by atoms with Gasteiger partial charge in [-0.3, -0.25) is 9.78 Å². The molecule has 1 aliphatic rings. The van der Waals surface area contributed by atoms with Crippen molar-refractivity contribution in [2.45, 2.75) is 103 Å². The third kappa shape index (κ3) is 7.44. The fourth-order valence-corrected chi connectivity index (χ4v) is 4.52. The van der Waals surface area contributed by atoms with Crippen LogP contribution in [0.2, 0.25) is 0 Å². The molecule has 1 N–H and O–H groups in total. The van der Waals surface area contributed by atoms with Crippen LogP contribution in [0.3, 0.4) is 0 Å². The monoisotopic (exact) mass is 457 g/mol.